The van der Waals surface area contributed by atoms with E-state index in [0.29, 0.717) is 17.5 Å². The van der Waals surface area contributed by atoms with Crippen LogP contribution in [0.3, 0.4) is 0 Å². The third-order valence-electron chi connectivity index (χ3n) is 9.13. The van der Waals surface area contributed by atoms with Crippen LogP contribution in [0.25, 0.3) is 98.8 Å². The molecule has 0 aliphatic rings. The van der Waals surface area contributed by atoms with Gasteiger partial charge in [0.1, 0.15) is 16.2 Å². The van der Waals surface area contributed by atoms with E-state index >= 15 is 0 Å². The van der Waals surface area contributed by atoms with Gasteiger partial charge in [0.25, 0.3) is 0 Å². The van der Waals surface area contributed by atoms with Crippen molar-refractivity contribution in [1.82, 2.24) is 19.9 Å². The van der Waals surface area contributed by atoms with Gasteiger partial charge in [0.15, 0.2) is 17.5 Å². The zero-order chi connectivity index (χ0) is 33.0. The van der Waals surface area contributed by atoms with E-state index < -0.39 is 0 Å². The van der Waals surface area contributed by atoms with E-state index in [1.54, 1.807) is 11.3 Å². The number of benzene rings is 7. The second-order valence-electron chi connectivity index (χ2n) is 12.3. The van der Waals surface area contributed by atoms with Crippen molar-refractivity contribution in [3.63, 3.8) is 0 Å². The minimum Gasteiger partial charge on any atom is -0.455 e. The second-order valence-corrected chi connectivity index (χ2v) is 13.3. The first-order valence-electron chi connectivity index (χ1n) is 16.5. The maximum atomic E-state index is 6.59. The lowest BCUT2D eigenvalue weighted by Crippen LogP contribution is -2.00. The van der Waals surface area contributed by atoms with Crippen LogP contribution in [0.2, 0.25) is 0 Å². The predicted octanol–water partition coefficient (Wildman–Crippen LogP) is 11.9. The molecule has 0 aliphatic heterocycles. The summed E-state index contributed by atoms with van der Waals surface area (Å²) in [5.41, 5.74) is 8.67. The van der Waals surface area contributed by atoms with Gasteiger partial charge < -0.3 is 4.42 Å². The molecule has 0 saturated heterocycles. The molecule has 0 bridgehead atoms. The number of hydrogen-bond acceptors (Lipinski definition) is 6. The Morgan fingerprint density at radius 3 is 1.62 bits per heavy atom. The lowest BCUT2D eigenvalue weighted by molar-refractivity contribution is 0.670. The molecule has 5 nitrogen and oxygen atoms in total. The van der Waals surface area contributed by atoms with Crippen LogP contribution in [0.5, 0.6) is 0 Å². The molecule has 0 saturated carbocycles. The molecular formula is C44H26N4OS. The molecule has 234 valence electrons. The van der Waals surface area contributed by atoms with E-state index in [-0.39, 0.29) is 0 Å². The number of hydrogen-bond donors (Lipinski definition) is 0. The maximum absolute atomic E-state index is 6.59. The highest BCUT2D eigenvalue weighted by atomic mass is 32.1. The monoisotopic (exact) mass is 658 g/mol. The fraction of sp³-hybridized carbons (Fsp3) is 0. The molecule has 0 atom stereocenters. The number of rotatable bonds is 5. The number of fused-ring (bicyclic) bond motifs is 5. The Bertz CT molecular complexity index is 2810. The Labute approximate surface area is 291 Å². The van der Waals surface area contributed by atoms with E-state index in [1.807, 2.05) is 78.9 Å². The third kappa shape index (κ3) is 4.85. The maximum Gasteiger partial charge on any atom is 0.164 e. The van der Waals surface area contributed by atoms with E-state index in [9.17, 15) is 0 Å². The van der Waals surface area contributed by atoms with Gasteiger partial charge >= 0.3 is 0 Å². The molecular weight excluding hydrogens is 633 g/mol. The van der Waals surface area contributed by atoms with Crippen LogP contribution in [0.4, 0.5) is 0 Å². The lowest BCUT2D eigenvalue weighted by atomic mass is 9.97. The predicted molar refractivity (Wildman–Crippen MR) is 205 cm³/mol. The van der Waals surface area contributed by atoms with E-state index in [2.05, 4.69) is 78.9 Å². The summed E-state index contributed by atoms with van der Waals surface area (Å²) >= 11 is 1.72. The van der Waals surface area contributed by atoms with E-state index in [1.165, 1.54) is 0 Å². The van der Waals surface area contributed by atoms with Gasteiger partial charge in [-0.15, -0.1) is 11.3 Å². The van der Waals surface area contributed by atoms with Crippen molar-refractivity contribution < 1.29 is 4.42 Å². The summed E-state index contributed by atoms with van der Waals surface area (Å²) in [6.45, 7) is 0. The summed E-state index contributed by atoms with van der Waals surface area (Å²) in [5, 5.41) is 5.39. The quantitative estimate of drug-likeness (QED) is 0.184. The summed E-state index contributed by atoms with van der Waals surface area (Å²) < 4.78 is 7.72. The zero-order valence-electron chi connectivity index (χ0n) is 26.6. The van der Waals surface area contributed by atoms with Crippen molar-refractivity contribution in [1.29, 1.82) is 0 Å². The summed E-state index contributed by atoms with van der Waals surface area (Å²) in [7, 11) is 0. The van der Waals surface area contributed by atoms with Gasteiger partial charge in [-0.3, -0.25) is 0 Å². The highest BCUT2D eigenvalue weighted by Gasteiger charge is 2.21. The van der Waals surface area contributed by atoms with Crippen molar-refractivity contribution in [2.45, 2.75) is 0 Å². The van der Waals surface area contributed by atoms with Crippen molar-refractivity contribution >= 4 is 54.3 Å². The average Bonchev–Trinajstić information content (AvgIpc) is 3.79. The smallest absolute Gasteiger partial charge is 0.164 e. The molecule has 0 N–H and O–H groups in total. The molecule has 10 rings (SSSR count). The molecule has 3 heterocycles. The van der Waals surface area contributed by atoms with Gasteiger partial charge in [-0.2, -0.15) is 0 Å². The van der Waals surface area contributed by atoms with Gasteiger partial charge in [-0.05, 0) is 40.6 Å². The molecule has 0 radical (unpaired) electrons. The highest BCUT2D eigenvalue weighted by Crippen LogP contribution is 2.44. The number of para-hydroxylation sites is 1. The lowest BCUT2D eigenvalue weighted by Gasteiger charge is -2.10. The number of thiazole rings is 1. The van der Waals surface area contributed by atoms with Crippen molar-refractivity contribution in [3.05, 3.63) is 158 Å². The number of nitrogens with zero attached hydrogens (tertiary/aromatic N) is 4. The van der Waals surface area contributed by atoms with E-state index in [0.717, 1.165) is 81.3 Å². The Balaban J connectivity index is 1.13. The fourth-order valence-electron chi connectivity index (χ4n) is 6.69. The van der Waals surface area contributed by atoms with Crippen molar-refractivity contribution in [2.24, 2.45) is 0 Å². The highest BCUT2D eigenvalue weighted by molar-refractivity contribution is 7.21. The van der Waals surface area contributed by atoms with Gasteiger partial charge in [-0.1, -0.05) is 133 Å². The zero-order valence-corrected chi connectivity index (χ0v) is 27.4. The molecule has 0 spiro atoms. The van der Waals surface area contributed by atoms with Gasteiger partial charge in [0.2, 0.25) is 0 Å². The molecule has 3 aromatic heterocycles. The van der Waals surface area contributed by atoms with Crippen LogP contribution in [0.1, 0.15) is 0 Å². The molecule has 0 unspecified atom stereocenters. The molecule has 0 amide bonds. The summed E-state index contributed by atoms with van der Waals surface area (Å²) in [6.07, 6.45) is 0. The summed E-state index contributed by atoms with van der Waals surface area (Å²) in [4.78, 5) is 20.0. The molecule has 50 heavy (non-hydrogen) atoms. The molecule has 0 fully saturated rings. The Morgan fingerprint density at radius 2 is 0.960 bits per heavy atom. The first-order valence-corrected chi connectivity index (χ1v) is 17.3. The van der Waals surface area contributed by atoms with E-state index in [4.69, 9.17) is 24.4 Å². The third-order valence-corrected chi connectivity index (χ3v) is 10.2. The van der Waals surface area contributed by atoms with Crippen molar-refractivity contribution in [2.75, 3.05) is 0 Å². The summed E-state index contributed by atoms with van der Waals surface area (Å²) in [5.74, 6) is 1.92. The largest absolute Gasteiger partial charge is 0.455 e. The van der Waals surface area contributed by atoms with Crippen LogP contribution < -0.4 is 0 Å². The first-order chi connectivity index (χ1) is 24.7. The topological polar surface area (TPSA) is 64.7 Å². The molecule has 7 aromatic carbocycles. The fourth-order valence-corrected chi connectivity index (χ4v) is 7.71. The molecule has 0 aliphatic carbocycles. The van der Waals surface area contributed by atoms with Crippen LogP contribution in [0, 0.1) is 0 Å². The van der Waals surface area contributed by atoms with Gasteiger partial charge in [0, 0.05) is 33.0 Å². The Hall–Kier alpha value is -6.50. The Morgan fingerprint density at radius 1 is 0.420 bits per heavy atom. The average molecular weight is 659 g/mol. The van der Waals surface area contributed by atoms with Crippen LogP contribution in [-0.4, -0.2) is 19.9 Å². The minimum atomic E-state index is 0.633. The van der Waals surface area contributed by atoms with Gasteiger partial charge in [0.05, 0.1) is 15.8 Å². The minimum absolute atomic E-state index is 0.633. The number of aromatic nitrogens is 4. The van der Waals surface area contributed by atoms with Gasteiger partial charge in [-0.25, -0.2) is 19.9 Å². The molecule has 6 heteroatoms. The van der Waals surface area contributed by atoms with Crippen molar-refractivity contribution in [3.8, 4) is 55.9 Å². The second kappa shape index (κ2) is 11.6. The normalized spacial score (nSPS) is 11.6. The number of furan rings is 1. The molecule has 10 aromatic rings. The van der Waals surface area contributed by atoms with Crippen LogP contribution in [0.15, 0.2) is 162 Å². The van der Waals surface area contributed by atoms with Crippen LogP contribution >= 0.6 is 11.3 Å². The standard InChI is InChI=1S/C44H26N4OS/c1-4-12-27(13-5-1)41-46-42(28-14-6-2-7-15-28)48-43(47-41)33-23-21-30-24-32(22-20-31(30)25-33)38-39-37(50-44(45-39)29-16-8-3-9-17-29)26-35-34-18-10-11-19-36(34)49-40(35)38/h1-26H. The Kier molecular flexibility index (Phi) is 6.60. The van der Waals surface area contributed by atoms with Crippen LogP contribution in [-0.2, 0) is 0 Å². The summed E-state index contributed by atoms with van der Waals surface area (Å²) in [6, 6.07) is 54.0. The first kappa shape index (κ1) is 28.5. The SMILES string of the molecule is c1ccc(-c2nc(-c3ccccc3)nc(-c3ccc4cc(-c5c6nc(-c7ccccc7)sc6cc6c5oc5ccccc56)ccc4c3)n2)cc1.